The number of hydrogen-bond acceptors (Lipinski definition) is 5. The second kappa shape index (κ2) is 6.06. The molecule has 1 fully saturated rings. The number of benzene rings is 1. The van der Waals surface area contributed by atoms with Crippen LogP contribution in [0.5, 0.6) is 5.75 Å². The molecule has 108 valence electrons. The van der Waals surface area contributed by atoms with E-state index in [9.17, 15) is 14.9 Å². The van der Waals surface area contributed by atoms with Crippen LogP contribution in [0.25, 0.3) is 0 Å². The lowest BCUT2D eigenvalue weighted by Crippen LogP contribution is -2.17. The van der Waals surface area contributed by atoms with E-state index in [0.717, 1.165) is 25.0 Å². The molecule has 1 atom stereocenters. The van der Waals surface area contributed by atoms with E-state index in [-0.39, 0.29) is 29.0 Å². The van der Waals surface area contributed by atoms with Gasteiger partial charge in [-0.05, 0) is 12.8 Å². The third-order valence-electron chi connectivity index (χ3n) is 2.91. The number of nitrogens with zero attached hydrogens (tertiary/aromatic N) is 1. The highest BCUT2D eigenvalue weighted by molar-refractivity contribution is 6.32. The zero-order valence-electron chi connectivity index (χ0n) is 10.4. The molecule has 1 N–H and O–H groups in total. The maximum absolute atomic E-state index is 11.2. The number of non-ortho nitro benzene ring substituents is 1. The summed E-state index contributed by atoms with van der Waals surface area (Å²) in [5, 5.41) is 19.7. The summed E-state index contributed by atoms with van der Waals surface area (Å²) in [6, 6.07) is 2.00. The fraction of sp³-hybridized carbons (Fsp3) is 0.417. The molecule has 1 aliphatic rings. The Balaban J connectivity index is 2.25. The van der Waals surface area contributed by atoms with Gasteiger partial charge in [0, 0.05) is 18.7 Å². The monoisotopic (exact) mass is 301 g/mol. The third kappa shape index (κ3) is 3.17. The van der Waals surface area contributed by atoms with Crippen molar-refractivity contribution in [3.8, 4) is 5.75 Å². The fourth-order valence-corrected chi connectivity index (χ4v) is 2.21. The summed E-state index contributed by atoms with van der Waals surface area (Å²) >= 11 is 5.87. The number of nitro benzene ring substituents is 1. The van der Waals surface area contributed by atoms with Crippen LogP contribution in [0.2, 0.25) is 5.02 Å². The highest BCUT2D eigenvalue weighted by atomic mass is 35.5. The summed E-state index contributed by atoms with van der Waals surface area (Å²) in [5.74, 6) is -1.40. The van der Waals surface area contributed by atoms with Crippen molar-refractivity contribution in [2.75, 3.05) is 13.2 Å². The molecule has 1 aliphatic heterocycles. The molecular weight excluding hydrogens is 290 g/mol. The lowest BCUT2D eigenvalue weighted by atomic mass is 10.1. The van der Waals surface area contributed by atoms with Crippen molar-refractivity contribution < 1.29 is 24.3 Å². The van der Waals surface area contributed by atoms with Crippen LogP contribution in [-0.4, -0.2) is 35.3 Å². The second-order valence-electron chi connectivity index (χ2n) is 4.31. The van der Waals surface area contributed by atoms with Crippen molar-refractivity contribution >= 4 is 23.3 Å². The Bertz CT molecular complexity index is 541. The molecule has 1 heterocycles. The zero-order chi connectivity index (χ0) is 14.7. The molecular formula is C12H12ClNO6. The second-order valence-corrected chi connectivity index (χ2v) is 4.72. The van der Waals surface area contributed by atoms with Crippen molar-refractivity contribution in [1.29, 1.82) is 0 Å². The van der Waals surface area contributed by atoms with Crippen molar-refractivity contribution in [3.63, 3.8) is 0 Å². The van der Waals surface area contributed by atoms with Gasteiger partial charge in [-0.25, -0.2) is 4.79 Å². The molecule has 0 saturated carbocycles. The predicted molar refractivity (Wildman–Crippen MR) is 69.5 cm³/mol. The molecule has 0 aliphatic carbocycles. The minimum absolute atomic E-state index is 0.0692. The Morgan fingerprint density at radius 2 is 2.35 bits per heavy atom. The van der Waals surface area contributed by atoms with Crippen LogP contribution in [0.4, 0.5) is 5.69 Å². The Morgan fingerprint density at radius 1 is 1.60 bits per heavy atom. The average molecular weight is 302 g/mol. The van der Waals surface area contributed by atoms with Gasteiger partial charge in [0.05, 0.1) is 16.0 Å². The average Bonchev–Trinajstić information content (AvgIpc) is 2.89. The van der Waals surface area contributed by atoms with Gasteiger partial charge in [0.2, 0.25) is 0 Å². The van der Waals surface area contributed by atoms with E-state index in [0.29, 0.717) is 6.61 Å². The molecule has 1 unspecified atom stereocenters. The number of hydrogen-bond donors (Lipinski definition) is 1. The predicted octanol–water partition coefficient (Wildman–Crippen LogP) is 2.50. The SMILES string of the molecule is O=C(O)c1cc([N+](=O)[O-])cc(Cl)c1OCC1CCCO1. The molecule has 7 nitrogen and oxygen atoms in total. The van der Waals surface area contributed by atoms with Gasteiger partial charge in [0.25, 0.3) is 5.69 Å². The minimum atomic E-state index is -1.34. The number of carboxylic acids is 1. The maximum Gasteiger partial charge on any atom is 0.339 e. The first-order valence-corrected chi connectivity index (χ1v) is 6.32. The van der Waals surface area contributed by atoms with Crippen LogP contribution in [0.3, 0.4) is 0 Å². The van der Waals surface area contributed by atoms with Gasteiger partial charge in [-0.1, -0.05) is 11.6 Å². The number of rotatable bonds is 5. The van der Waals surface area contributed by atoms with E-state index in [1.165, 1.54) is 0 Å². The smallest absolute Gasteiger partial charge is 0.339 e. The molecule has 0 aromatic heterocycles. The van der Waals surface area contributed by atoms with Crippen molar-refractivity contribution in [2.45, 2.75) is 18.9 Å². The van der Waals surface area contributed by atoms with E-state index in [1.807, 2.05) is 0 Å². The number of carboxylic acid groups (broad SMARTS) is 1. The third-order valence-corrected chi connectivity index (χ3v) is 3.19. The topological polar surface area (TPSA) is 98.9 Å². The molecule has 1 aromatic rings. The summed E-state index contributed by atoms with van der Waals surface area (Å²) in [4.78, 5) is 21.1. The van der Waals surface area contributed by atoms with Gasteiger partial charge in [-0.2, -0.15) is 0 Å². The summed E-state index contributed by atoms with van der Waals surface area (Å²) < 4.78 is 10.7. The molecule has 0 spiro atoms. The lowest BCUT2D eigenvalue weighted by Gasteiger charge is -2.14. The Hall–Kier alpha value is -1.86. The first-order chi connectivity index (χ1) is 9.49. The van der Waals surface area contributed by atoms with Crippen molar-refractivity contribution in [2.24, 2.45) is 0 Å². The van der Waals surface area contributed by atoms with E-state index in [4.69, 9.17) is 26.2 Å². The number of ether oxygens (including phenoxy) is 2. The molecule has 0 amide bonds. The van der Waals surface area contributed by atoms with Crippen LogP contribution < -0.4 is 4.74 Å². The standard InChI is InChI=1S/C12H12ClNO6/c13-10-5-7(14(17)18)4-9(12(15)16)11(10)20-6-8-2-1-3-19-8/h4-5,8H,1-3,6H2,(H,15,16). The molecule has 8 heteroatoms. The number of carbonyl (C=O) groups is 1. The summed E-state index contributed by atoms with van der Waals surface area (Å²) in [7, 11) is 0. The summed E-state index contributed by atoms with van der Waals surface area (Å²) in [5.41, 5.74) is -0.723. The zero-order valence-corrected chi connectivity index (χ0v) is 11.1. The minimum Gasteiger partial charge on any atom is -0.488 e. The van der Waals surface area contributed by atoms with Gasteiger partial charge in [-0.3, -0.25) is 10.1 Å². The summed E-state index contributed by atoms with van der Waals surface area (Å²) in [6.45, 7) is 0.811. The van der Waals surface area contributed by atoms with E-state index >= 15 is 0 Å². The van der Waals surface area contributed by atoms with Crippen LogP contribution in [-0.2, 0) is 4.74 Å². The summed E-state index contributed by atoms with van der Waals surface area (Å²) in [6.07, 6.45) is 1.64. The van der Waals surface area contributed by atoms with Gasteiger partial charge in [0.1, 0.15) is 12.2 Å². The quantitative estimate of drug-likeness (QED) is 0.662. The van der Waals surface area contributed by atoms with Gasteiger partial charge in [0.15, 0.2) is 5.75 Å². The van der Waals surface area contributed by atoms with Crippen LogP contribution >= 0.6 is 11.6 Å². The van der Waals surface area contributed by atoms with E-state index in [1.54, 1.807) is 0 Å². The van der Waals surface area contributed by atoms with Crippen molar-refractivity contribution in [1.82, 2.24) is 0 Å². The normalized spacial score (nSPS) is 17.9. The Kier molecular flexibility index (Phi) is 4.41. The Morgan fingerprint density at radius 3 is 2.90 bits per heavy atom. The van der Waals surface area contributed by atoms with Gasteiger partial charge >= 0.3 is 5.97 Å². The first kappa shape index (κ1) is 14.5. The molecule has 1 saturated heterocycles. The largest absolute Gasteiger partial charge is 0.488 e. The lowest BCUT2D eigenvalue weighted by molar-refractivity contribution is -0.384. The van der Waals surface area contributed by atoms with Crippen LogP contribution in [0.1, 0.15) is 23.2 Å². The van der Waals surface area contributed by atoms with Crippen molar-refractivity contribution in [3.05, 3.63) is 32.8 Å². The molecule has 2 rings (SSSR count). The van der Waals surface area contributed by atoms with Crippen LogP contribution in [0.15, 0.2) is 12.1 Å². The fourth-order valence-electron chi connectivity index (χ4n) is 1.94. The highest BCUT2D eigenvalue weighted by Crippen LogP contribution is 2.34. The highest BCUT2D eigenvalue weighted by Gasteiger charge is 2.23. The van der Waals surface area contributed by atoms with Gasteiger partial charge < -0.3 is 14.6 Å². The first-order valence-electron chi connectivity index (χ1n) is 5.94. The number of nitro groups is 1. The maximum atomic E-state index is 11.2. The van der Waals surface area contributed by atoms with E-state index < -0.39 is 16.6 Å². The molecule has 1 aromatic carbocycles. The van der Waals surface area contributed by atoms with Gasteiger partial charge in [-0.15, -0.1) is 0 Å². The Labute approximate surface area is 119 Å². The molecule has 0 radical (unpaired) electrons. The number of aromatic carboxylic acids is 1. The molecule has 0 bridgehead atoms. The van der Waals surface area contributed by atoms with Crippen LogP contribution in [0, 0.1) is 10.1 Å². The number of halogens is 1. The molecule has 20 heavy (non-hydrogen) atoms. The van der Waals surface area contributed by atoms with E-state index in [2.05, 4.69) is 0 Å².